The molecule has 0 saturated carbocycles. The number of carbonyl (C=O) groups excluding carboxylic acids is 1. The molecule has 21 heteroatoms. The van der Waals surface area contributed by atoms with Crippen LogP contribution >= 0.6 is 0 Å². The second-order valence-electron chi connectivity index (χ2n) is 5.63. The quantitative estimate of drug-likeness (QED) is 0.184. The standard InChI is InChI=1S/C13H4F18O3/c14-6(15,8(18,19)10(22,23)12(26,27)28)1-3-33-5(32)34-4-2-7(16,17)9(20,21)11(24,25)13(29,30)31/h1-4H/b3-1+,4-2+. The van der Waals surface area contributed by atoms with Gasteiger partial charge < -0.3 is 9.47 Å². The lowest BCUT2D eigenvalue weighted by Gasteiger charge is -2.32. The minimum absolute atomic E-state index is 1.05. The molecule has 0 aliphatic carbocycles. The van der Waals surface area contributed by atoms with Crippen LogP contribution < -0.4 is 0 Å². The summed E-state index contributed by atoms with van der Waals surface area (Å²) in [5.41, 5.74) is 0. The van der Waals surface area contributed by atoms with Gasteiger partial charge in [-0.15, -0.1) is 0 Å². The van der Waals surface area contributed by atoms with Crippen molar-refractivity contribution in [3.63, 3.8) is 0 Å². The van der Waals surface area contributed by atoms with Crippen LogP contribution in [0, 0.1) is 0 Å². The first kappa shape index (κ1) is 31.5. The van der Waals surface area contributed by atoms with E-state index in [1.807, 2.05) is 0 Å². The summed E-state index contributed by atoms with van der Waals surface area (Å²) < 4.78 is 231. The topological polar surface area (TPSA) is 35.5 Å². The fraction of sp³-hybridized carbons (Fsp3) is 0.615. The molecule has 0 atom stereocenters. The highest BCUT2D eigenvalue weighted by Gasteiger charge is 2.82. The van der Waals surface area contributed by atoms with Crippen molar-refractivity contribution >= 4 is 6.16 Å². The second kappa shape index (κ2) is 8.93. The Kier molecular flexibility index (Phi) is 8.27. The van der Waals surface area contributed by atoms with Crippen molar-refractivity contribution in [3.05, 3.63) is 24.7 Å². The van der Waals surface area contributed by atoms with Gasteiger partial charge in [-0.25, -0.2) is 4.79 Å². The van der Waals surface area contributed by atoms with Crippen molar-refractivity contribution in [1.82, 2.24) is 0 Å². The van der Waals surface area contributed by atoms with Crippen LogP contribution in [0.3, 0.4) is 0 Å². The van der Waals surface area contributed by atoms with Gasteiger partial charge in [0.05, 0.1) is 0 Å². The molecular formula is C13H4F18O3. The van der Waals surface area contributed by atoms with Crippen LogP contribution in [-0.4, -0.2) is 54.0 Å². The SMILES string of the molecule is O=C(O/C=C/C(F)(F)C(F)(F)C(F)(F)C(F)(F)F)O/C=C/C(F)(F)C(F)(F)C(F)(F)C(F)(F)F. The van der Waals surface area contributed by atoms with Crippen LogP contribution in [0.25, 0.3) is 0 Å². The van der Waals surface area contributed by atoms with E-state index in [0.717, 1.165) is 0 Å². The number of hydrogen-bond acceptors (Lipinski definition) is 3. The first-order valence-electron chi connectivity index (χ1n) is 7.23. The average molecular weight is 550 g/mol. The highest BCUT2D eigenvalue weighted by molar-refractivity contribution is 5.61. The van der Waals surface area contributed by atoms with Crippen molar-refractivity contribution in [2.45, 2.75) is 47.9 Å². The number of alkyl halides is 18. The van der Waals surface area contributed by atoms with Crippen LogP contribution in [-0.2, 0) is 9.47 Å². The summed E-state index contributed by atoms with van der Waals surface area (Å²) >= 11 is 0. The molecule has 34 heavy (non-hydrogen) atoms. The maximum atomic E-state index is 13.0. The number of ether oxygens (including phenoxy) is 2. The fourth-order valence-corrected chi connectivity index (χ4v) is 1.36. The highest BCUT2D eigenvalue weighted by Crippen LogP contribution is 2.54. The largest absolute Gasteiger partial charge is 0.518 e. The number of carbonyl (C=O) groups is 1. The molecule has 200 valence electrons. The van der Waals surface area contributed by atoms with Crippen LogP contribution in [0.1, 0.15) is 0 Å². The molecule has 0 amide bonds. The highest BCUT2D eigenvalue weighted by atomic mass is 19.4. The summed E-state index contributed by atoms with van der Waals surface area (Å²) in [6.07, 6.45) is -22.4. The average Bonchev–Trinajstić information content (AvgIpc) is 2.58. The summed E-state index contributed by atoms with van der Waals surface area (Å²) in [5, 5.41) is 0. The maximum Gasteiger partial charge on any atom is 0.518 e. The van der Waals surface area contributed by atoms with Gasteiger partial charge in [-0.05, 0) is 0 Å². The lowest BCUT2D eigenvalue weighted by atomic mass is 10.0. The Bertz CT molecular complexity index is 724. The van der Waals surface area contributed by atoms with Gasteiger partial charge >= 0.3 is 54.0 Å². The van der Waals surface area contributed by atoms with E-state index < -0.39 is 78.7 Å². The van der Waals surface area contributed by atoms with E-state index in [-0.39, 0.29) is 0 Å². The first-order chi connectivity index (χ1) is 14.6. The molecule has 0 radical (unpaired) electrons. The minimum atomic E-state index is -7.34. The zero-order chi connectivity index (χ0) is 27.8. The van der Waals surface area contributed by atoms with Crippen molar-refractivity contribution in [2.75, 3.05) is 0 Å². The number of halogens is 18. The molecule has 0 N–H and O–H groups in total. The Balaban J connectivity index is 5.39. The minimum Gasteiger partial charge on any atom is -0.403 e. The molecule has 0 saturated heterocycles. The predicted octanol–water partition coefficient (Wildman–Crippen LogP) is 7.10. The molecule has 0 unspecified atom stereocenters. The van der Waals surface area contributed by atoms with E-state index in [0.29, 0.717) is 0 Å². The third-order valence-corrected chi connectivity index (χ3v) is 3.22. The zero-order valence-corrected chi connectivity index (χ0v) is 14.8. The van der Waals surface area contributed by atoms with E-state index in [4.69, 9.17) is 0 Å². The molecular weight excluding hydrogens is 546 g/mol. The van der Waals surface area contributed by atoms with Crippen molar-refractivity contribution in [2.24, 2.45) is 0 Å². The Hall–Kier alpha value is -2.51. The van der Waals surface area contributed by atoms with Crippen LogP contribution in [0.2, 0.25) is 0 Å². The van der Waals surface area contributed by atoms with E-state index >= 15 is 0 Å². The number of hydrogen-bond donors (Lipinski definition) is 0. The van der Waals surface area contributed by atoms with Crippen molar-refractivity contribution in [3.8, 4) is 0 Å². The van der Waals surface area contributed by atoms with Crippen molar-refractivity contribution in [1.29, 1.82) is 0 Å². The second-order valence-corrected chi connectivity index (χ2v) is 5.63. The normalized spacial score (nSPS) is 15.8. The van der Waals surface area contributed by atoms with Gasteiger partial charge in [-0.1, -0.05) is 0 Å². The summed E-state index contributed by atoms with van der Waals surface area (Å²) in [4.78, 5) is 10.8. The lowest BCUT2D eigenvalue weighted by molar-refractivity contribution is -0.388. The predicted molar refractivity (Wildman–Crippen MR) is 67.6 cm³/mol. The molecule has 0 aromatic heterocycles. The van der Waals surface area contributed by atoms with Crippen LogP contribution in [0.4, 0.5) is 83.8 Å². The molecule has 0 aromatic carbocycles. The zero-order valence-electron chi connectivity index (χ0n) is 14.8. The summed E-state index contributed by atoms with van der Waals surface area (Å²) in [6, 6.07) is 0. The molecule has 0 spiro atoms. The molecule has 0 heterocycles. The van der Waals surface area contributed by atoms with Gasteiger partial charge in [-0.3, -0.25) is 0 Å². The molecule has 0 aromatic rings. The van der Waals surface area contributed by atoms with Gasteiger partial charge in [0.1, 0.15) is 12.5 Å². The third kappa shape index (κ3) is 5.58. The van der Waals surface area contributed by atoms with E-state index in [1.54, 1.807) is 0 Å². The van der Waals surface area contributed by atoms with E-state index in [2.05, 4.69) is 9.47 Å². The summed E-state index contributed by atoms with van der Waals surface area (Å²) in [7, 11) is 0. The fourth-order valence-electron chi connectivity index (χ4n) is 1.36. The van der Waals surface area contributed by atoms with Gasteiger partial charge in [0.25, 0.3) is 0 Å². The smallest absolute Gasteiger partial charge is 0.403 e. The first-order valence-corrected chi connectivity index (χ1v) is 7.23. The van der Waals surface area contributed by atoms with Crippen LogP contribution in [0.5, 0.6) is 0 Å². The third-order valence-electron chi connectivity index (χ3n) is 3.22. The van der Waals surface area contributed by atoms with Gasteiger partial charge in [0.15, 0.2) is 0 Å². The van der Waals surface area contributed by atoms with Gasteiger partial charge in [0.2, 0.25) is 0 Å². The van der Waals surface area contributed by atoms with Crippen molar-refractivity contribution < 1.29 is 93.3 Å². The molecule has 0 aliphatic heterocycles. The number of rotatable bonds is 8. The van der Waals surface area contributed by atoms with Crippen LogP contribution in [0.15, 0.2) is 24.7 Å². The van der Waals surface area contributed by atoms with E-state index in [1.165, 1.54) is 0 Å². The summed E-state index contributed by atoms with van der Waals surface area (Å²) in [5.74, 6) is -41.9. The summed E-state index contributed by atoms with van der Waals surface area (Å²) in [6.45, 7) is 0. The molecule has 0 bridgehead atoms. The molecule has 0 fully saturated rings. The molecule has 0 aliphatic rings. The Morgan fingerprint density at radius 2 is 0.676 bits per heavy atom. The lowest BCUT2D eigenvalue weighted by Crippen LogP contribution is -2.60. The number of allylic oxidation sites excluding steroid dienone is 2. The Labute approximate surface area is 173 Å². The van der Waals surface area contributed by atoms with E-state index in [9.17, 15) is 83.8 Å². The molecule has 0 rings (SSSR count). The van der Waals surface area contributed by atoms with Gasteiger partial charge in [-0.2, -0.15) is 79.0 Å². The Morgan fingerprint density at radius 1 is 0.441 bits per heavy atom. The molecule has 3 nitrogen and oxygen atoms in total. The maximum absolute atomic E-state index is 13.0. The van der Waals surface area contributed by atoms with Gasteiger partial charge in [0, 0.05) is 12.2 Å². The Morgan fingerprint density at radius 3 is 0.882 bits per heavy atom. The monoisotopic (exact) mass is 550 g/mol.